The SMILES string of the molecule is Cc1cc([C@@H]2CCCN2C(=O)NCc2n[nH]c3c2CCC3)on1. The van der Waals surface area contributed by atoms with Crippen molar-refractivity contribution in [2.45, 2.75) is 51.6 Å². The molecule has 2 aromatic rings. The summed E-state index contributed by atoms with van der Waals surface area (Å²) in [6.45, 7) is 3.11. The van der Waals surface area contributed by atoms with E-state index in [1.54, 1.807) is 0 Å². The minimum Gasteiger partial charge on any atom is -0.359 e. The van der Waals surface area contributed by atoms with Crippen LogP contribution < -0.4 is 5.32 Å². The Morgan fingerprint density at radius 2 is 2.39 bits per heavy atom. The third-order valence-corrected chi connectivity index (χ3v) is 4.79. The number of carbonyl (C=O) groups is 1. The fraction of sp³-hybridized carbons (Fsp3) is 0.562. The lowest BCUT2D eigenvalue weighted by atomic mass is 10.1. The molecule has 0 unspecified atom stereocenters. The molecule has 7 nitrogen and oxygen atoms in total. The number of urea groups is 1. The van der Waals surface area contributed by atoms with Crippen LogP contribution in [0.4, 0.5) is 4.79 Å². The number of nitrogens with one attached hydrogen (secondary N) is 2. The lowest BCUT2D eigenvalue weighted by Crippen LogP contribution is -2.39. The second kappa shape index (κ2) is 5.72. The van der Waals surface area contributed by atoms with Crippen LogP contribution in [0.2, 0.25) is 0 Å². The molecule has 2 amide bonds. The Morgan fingerprint density at radius 3 is 3.22 bits per heavy atom. The average molecular weight is 315 g/mol. The van der Waals surface area contributed by atoms with Gasteiger partial charge in [-0.3, -0.25) is 5.10 Å². The quantitative estimate of drug-likeness (QED) is 0.909. The number of aryl methyl sites for hydroxylation is 2. The van der Waals surface area contributed by atoms with Crippen molar-refractivity contribution in [2.75, 3.05) is 6.54 Å². The summed E-state index contributed by atoms with van der Waals surface area (Å²) in [5.74, 6) is 0.774. The summed E-state index contributed by atoms with van der Waals surface area (Å²) in [4.78, 5) is 14.4. The number of aromatic amines is 1. The molecule has 0 saturated carbocycles. The molecule has 1 fully saturated rings. The second-order valence-corrected chi connectivity index (χ2v) is 6.36. The van der Waals surface area contributed by atoms with Gasteiger partial charge in [0.2, 0.25) is 0 Å². The van der Waals surface area contributed by atoms with Crippen LogP contribution in [0.15, 0.2) is 10.6 Å². The Balaban J connectivity index is 1.42. The highest BCUT2D eigenvalue weighted by Gasteiger charge is 2.32. The Bertz CT molecular complexity index is 720. The van der Waals surface area contributed by atoms with Crippen LogP contribution in [0.5, 0.6) is 0 Å². The summed E-state index contributed by atoms with van der Waals surface area (Å²) < 4.78 is 5.35. The highest BCUT2D eigenvalue weighted by atomic mass is 16.5. The molecule has 7 heteroatoms. The first-order chi connectivity index (χ1) is 11.2. The van der Waals surface area contributed by atoms with E-state index < -0.39 is 0 Å². The molecule has 1 aliphatic heterocycles. The summed E-state index contributed by atoms with van der Waals surface area (Å²) >= 11 is 0. The average Bonchev–Trinajstić information content (AvgIpc) is 3.29. The summed E-state index contributed by atoms with van der Waals surface area (Å²) in [6.07, 6.45) is 5.19. The molecular weight excluding hydrogens is 294 g/mol. The number of hydrogen-bond donors (Lipinski definition) is 2. The van der Waals surface area contributed by atoms with Gasteiger partial charge in [-0.1, -0.05) is 5.16 Å². The number of likely N-dealkylation sites (tertiary alicyclic amines) is 1. The maximum absolute atomic E-state index is 12.5. The van der Waals surface area contributed by atoms with Crippen molar-refractivity contribution in [1.82, 2.24) is 25.6 Å². The van der Waals surface area contributed by atoms with Gasteiger partial charge in [-0.05, 0) is 44.6 Å². The zero-order chi connectivity index (χ0) is 15.8. The number of fused-ring (bicyclic) bond motifs is 1. The van der Waals surface area contributed by atoms with Gasteiger partial charge in [0.15, 0.2) is 5.76 Å². The number of amides is 2. The third-order valence-electron chi connectivity index (χ3n) is 4.79. The molecule has 0 bridgehead atoms. The molecule has 23 heavy (non-hydrogen) atoms. The Labute approximate surface area is 134 Å². The van der Waals surface area contributed by atoms with Crippen molar-refractivity contribution in [2.24, 2.45) is 0 Å². The van der Waals surface area contributed by atoms with Crippen LogP contribution >= 0.6 is 0 Å². The monoisotopic (exact) mass is 315 g/mol. The van der Waals surface area contributed by atoms with Gasteiger partial charge in [-0.25, -0.2) is 4.79 Å². The second-order valence-electron chi connectivity index (χ2n) is 6.36. The highest BCUT2D eigenvalue weighted by molar-refractivity contribution is 5.75. The summed E-state index contributed by atoms with van der Waals surface area (Å²) in [7, 11) is 0. The minimum absolute atomic E-state index is 0.0129. The first kappa shape index (κ1) is 14.3. The van der Waals surface area contributed by atoms with E-state index in [2.05, 4.69) is 20.7 Å². The Kier molecular flexibility index (Phi) is 3.55. The van der Waals surface area contributed by atoms with Crippen molar-refractivity contribution in [1.29, 1.82) is 0 Å². The predicted molar refractivity (Wildman–Crippen MR) is 82.8 cm³/mol. The van der Waals surface area contributed by atoms with Crippen molar-refractivity contribution in [3.05, 3.63) is 34.5 Å². The zero-order valence-corrected chi connectivity index (χ0v) is 13.3. The maximum atomic E-state index is 12.5. The predicted octanol–water partition coefficient (Wildman–Crippen LogP) is 2.24. The molecule has 2 N–H and O–H groups in total. The van der Waals surface area contributed by atoms with Crippen LogP contribution in [0.3, 0.4) is 0 Å². The van der Waals surface area contributed by atoms with E-state index in [1.807, 2.05) is 17.9 Å². The van der Waals surface area contributed by atoms with Gasteiger partial charge >= 0.3 is 6.03 Å². The maximum Gasteiger partial charge on any atom is 0.318 e. The third kappa shape index (κ3) is 2.60. The zero-order valence-electron chi connectivity index (χ0n) is 13.3. The molecule has 1 aliphatic carbocycles. The largest absolute Gasteiger partial charge is 0.359 e. The van der Waals surface area contributed by atoms with Gasteiger partial charge in [-0.15, -0.1) is 0 Å². The lowest BCUT2D eigenvalue weighted by molar-refractivity contribution is 0.182. The smallest absolute Gasteiger partial charge is 0.318 e. The number of rotatable bonds is 3. The number of H-pyrrole nitrogens is 1. The van der Waals surface area contributed by atoms with E-state index in [-0.39, 0.29) is 12.1 Å². The topological polar surface area (TPSA) is 87.0 Å². The molecule has 1 atom stereocenters. The first-order valence-electron chi connectivity index (χ1n) is 8.25. The normalized spacial score (nSPS) is 20.0. The van der Waals surface area contributed by atoms with Gasteiger partial charge in [0.25, 0.3) is 0 Å². The summed E-state index contributed by atoms with van der Waals surface area (Å²) in [5, 5.41) is 14.3. The van der Waals surface area contributed by atoms with Crippen molar-refractivity contribution < 1.29 is 9.32 Å². The van der Waals surface area contributed by atoms with Gasteiger partial charge in [-0.2, -0.15) is 5.10 Å². The minimum atomic E-state index is -0.0590. The number of aromatic nitrogens is 3. The summed E-state index contributed by atoms with van der Waals surface area (Å²) in [5.41, 5.74) is 4.33. The number of carbonyl (C=O) groups excluding carboxylic acids is 1. The van der Waals surface area contributed by atoms with E-state index in [9.17, 15) is 4.79 Å². The highest BCUT2D eigenvalue weighted by Crippen LogP contribution is 2.32. The first-order valence-corrected chi connectivity index (χ1v) is 8.25. The Hall–Kier alpha value is -2.31. The standard InChI is InChI=1S/C16H21N5O2/c1-10-8-15(23-20-10)14-6-3-7-21(14)16(22)17-9-13-11-4-2-5-12(11)18-19-13/h8,14H,2-7,9H2,1H3,(H,17,22)(H,18,19)/t14-/m0/s1. The van der Waals surface area contributed by atoms with Crippen LogP contribution in [0, 0.1) is 6.92 Å². The van der Waals surface area contributed by atoms with E-state index in [4.69, 9.17) is 4.52 Å². The van der Waals surface area contributed by atoms with E-state index in [0.717, 1.165) is 49.4 Å². The van der Waals surface area contributed by atoms with Crippen molar-refractivity contribution in [3.8, 4) is 0 Å². The lowest BCUT2D eigenvalue weighted by Gasteiger charge is -2.22. The molecule has 2 aromatic heterocycles. The molecule has 122 valence electrons. The van der Waals surface area contributed by atoms with Gasteiger partial charge in [0.05, 0.1) is 24.0 Å². The van der Waals surface area contributed by atoms with E-state index in [1.165, 1.54) is 17.7 Å². The number of hydrogen-bond acceptors (Lipinski definition) is 4. The van der Waals surface area contributed by atoms with E-state index in [0.29, 0.717) is 6.54 Å². The van der Waals surface area contributed by atoms with Crippen LogP contribution in [-0.4, -0.2) is 32.8 Å². The van der Waals surface area contributed by atoms with Crippen molar-refractivity contribution in [3.63, 3.8) is 0 Å². The van der Waals surface area contributed by atoms with Gasteiger partial charge in [0, 0.05) is 18.3 Å². The van der Waals surface area contributed by atoms with E-state index >= 15 is 0 Å². The molecule has 0 spiro atoms. The molecule has 1 saturated heterocycles. The number of nitrogens with zero attached hydrogens (tertiary/aromatic N) is 3. The Morgan fingerprint density at radius 1 is 1.48 bits per heavy atom. The fourth-order valence-electron chi connectivity index (χ4n) is 3.64. The molecule has 0 aromatic carbocycles. The van der Waals surface area contributed by atoms with Crippen LogP contribution in [0.1, 0.15) is 53.7 Å². The van der Waals surface area contributed by atoms with Crippen molar-refractivity contribution >= 4 is 6.03 Å². The molecular formula is C16H21N5O2. The molecule has 3 heterocycles. The van der Waals surface area contributed by atoms with Gasteiger partial charge in [0.1, 0.15) is 0 Å². The van der Waals surface area contributed by atoms with Crippen LogP contribution in [0.25, 0.3) is 0 Å². The van der Waals surface area contributed by atoms with Crippen LogP contribution in [-0.2, 0) is 19.4 Å². The summed E-state index contributed by atoms with van der Waals surface area (Å²) in [6, 6.07) is 1.84. The molecule has 4 rings (SSSR count). The molecule has 0 radical (unpaired) electrons. The van der Waals surface area contributed by atoms with Gasteiger partial charge < -0.3 is 14.7 Å². The fourth-order valence-corrected chi connectivity index (χ4v) is 3.64. The molecule has 2 aliphatic rings.